The first-order valence-electron chi connectivity index (χ1n) is 9.18. The molecule has 1 aliphatic rings. The molecule has 1 amide bonds. The number of likely N-dealkylation sites (tertiary alicyclic amines) is 1. The first-order valence-corrected chi connectivity index (χ1v) is 10.7. The number of aryl methyl sites for hydroxylation is 1. The Bertz CT molecular complexity index is 819. The summed E-state index contributed by atoms with van der Waals surface area (Å²) in [5, 5.41) is -0.488. The van der Waals surface area contributed by atoms with E-state index >= 15 is 0 Å². The van der Waals surface area contributed by atoms with E-state index in [1.165, 1.54) is 5.56 Å². The van der Waals surface area contributed by atoms with Gasteiger partial charge in [0, 0.05) is 19.5 Å². The second kappa shape index (κ2) is 8.49. The van der Waals surface area contributed by atoms with Crippen molar-refractivity contribution >= 4 is 15.7 Å². The van der Waals surface area contributed by atoms with Gasteiger partial charge in [0.25, 0.3) is 0 Å². The molecule has 1 fully saturated rings. The van der Waals surface area contributed by atoms with Crippen LogP contribution in [0.5, 0.6) is 0 Å². The van der Waals surface area contributed by atoms with Gasteiger partial charge in [0.1, 0.15) is 0 Å². The Balaban J connectivity index is 1.47. The third-order valence-corrected chi connectivity index (χ3v) is 7.15. The van der Waals surface area contributed by atoms with Crippen LogP contribution >= 0.6 is 0 Å². The standard InChI is InChI=1S/C21H25NO3S/c23-21(14-8-7-11-18-9-3-1-4-10-18)22-16-15-20(17-22)26(24,25)19-12-5-2-6-13-19/h1-6,9-10,12-13,20H,7-8,11,14-17H2. The summed E-state index contributed by atoms with van der Waals surface area (Å²) in [7, 11) is -3.36. The molecule has 26 heavy (non-hydrogen) atoms. The highest BCUT2D eigenvalue weighted by molar-refractivity contribution is 7.92. The molecule has 0 aromatic heterocycles. The van der Waals surface area contributed by atoms with Gasteiger partial charge in [0.15, 0.2) is 9.84 Å². The van der Waals surface area contributed by atoms with Crippen LogP contribution in [0.4, 0.5) is 0 Å². The first kappa shape index (κ1) is 18.6. The molecule has 1 unspecified atom stereocenters. The zero-order valence-corrected chi connectivity index (χ0v) is 15.7. The highest BCUT2D eigenvalue weighted by Gasteiger charge is 2.35. The van der Waals surface area contributed by atoms with Gasteiger partial charge in [-0.25, -0.2) is 8.42 Å². The van der Waals surface area contributed by atoms with Crippen molar-refractivity contribution in [3.8, 4) is 0 Å². The predicted octanol–water partition coefficient (Wildman–Crippen LogP) is 3.47. The molecular formula is C21H25NO3S. The Morgan fingerprint density at radius 3 is 2.31 bits per heavy atom. The van der Waals surface area contributed by atoms with Gasteiger partial charge in [-0.3, -0.25) is 4.79 Å². The quantitative estimate of drug-likeness (QED) is 0.700. The lowest BCUT2D eigenvalue weighted by molar-refractivity contribution is -0.130. The molecule has 4 nitrogen and oxygen atoms in total. The largest absolute Gasteiger partial charge is 0.341 e. The zero-order chi connectivity index (χ0) is 18.4. The smallest absolute Gasteiger partial charge is 0.222 e. The fourth-order valence-corrected chi connectivity index (χ4v) is 5.13. The van der Waals surface area contributed by atoms with E-state index in [9.17, 15) is 13.2 Å². The van der Waals surface area contributed by atoms with E-state index in [1.54, 1.807) is 35.2 Å². The van der Waals surface area contributed by atoms with Crippen molar-refractivity contribution in [2.24, 2.45) is 0 Å². The van der Waals surface area contributed by atoms with Gasteiger partial charge in [-0.15, -0.1) is 0 Å². The number of hydrogen-bond donors (Lipinski definition) is 0. The van der Waals surface area contributed by atoms with Crippen LogP contribution in [0.2, 0.25) is 0 Å². The Labute approximate surface area is 155 Å². The Morgan fingerprint density at radius 2 is 1.62 bits per heavy atom. The van der Waals surface area contributed by atoms with E-state index in [1.807, 2.05) is 18.2 Å². The second-order valence-corrected chi connectivity index (χ2v) is 9.03. The molecule has 3 rings (SSSR count). The lowest BCUT2D eigenvalue weighted by atomic mass is 10.1. The Morgan fingerprint density at radius 1 is 0.962 bits per heavy atom. The molecule has 0 aliphatic carbocycles. The van der Waals surface area contributed by atoms with Crippen molar-refractivity contribution in [1.29, 1.82) is 0 Å². The molecule has 138 valence electrons. The van der Waals surface area contributed by atoms with Crippen molar-refractivity contribution in [3.63, 3.8) is 0 Å². The topological polar surface area (TPSA) is 54.5 Å². The zero-order valence-electron chi connectivity index (χ0n) is 14.9. The van der Waals surface area contributed by atoms with Crippen LogP contribution in [0.25, 0.3) is 0 Å². The number of carbonyl (C=O) groups excluding carboxylic acids is 1. The van der Waals surface area contributed by atoms with Gasteiger partial charge in [0.05, 0.1) is 10.1 Å². The third-order valence-electron chi connectivity index (χ3n) is 4.96. The summed E-state index contributed by atoms with van der Waals surface area (Å²) in [6.07, 6.45) is 3.78. The summed E-state index contributed by atoms with van der Waals surface area (Å²) in [5.74, 6) is 0.0730. The van der Waals surface area contributed by atoms with E-state index in [0.717, 1.165) is 19.3 Å². The molecule has 0 N–H and O–H groups in total. The molecule has 0 spiro atoms. The SMILES string of the molecule is O=C(CCCCc1ccccc1)N1CCC(S(=O)(=O)c2ccccc2)C1. The normalized spacial score (nSPS) is 17.4. The number of nitrogens with zero attached hydrogens (tertiary/aromatic N) is 1. The molecule has 1 heterocycles. The molecule has 2 aromatic carbocycles. The minimum Gasteiger partial charge on any atom is -0.341 e. The van der Waals surface area contributed by atoms with Crippen LogP contribution < -0.4 is 0 Å². The van der Waals surface area contributed by atoms with Gasteiger partial charge in [-0.1, -0.05) is 48.5 Å². The van der Waals surface area contributed by atoms with Crippen molar-refractivity contribution in [2.45, 2.75) is 42.2 Å². The van der Waals surface area contributed by atoms with Gasteiger partial charge >= 0.3 is 0 Å². The molecule has 1 atom stereocenters. The molecule has 5 heteroatoms. The Hall–Kier alpha value is -2.14. The first-order chi connectivity index (χ1) is 12.6. The van der Waals surface area contributed by atoms with E-state index in [-0.39, 0.29) is 5.91 Å². The minimum absolute atomic E-state index is 0.0730. The van der Waals surface area contributed by atoms with E-state index in [0.29, 0.717) is 30.8 Å². The van der Waals surface area contributed by atoms with E-state index in [4.69, 9.17) is 0 Å². The van der Waals surface area contributed by atoms with Crippen LogP contribution in [0.1, 0.15) is 31.2 Å². The number of hydrogen-bond acceptors (Lipinski definition) is 3. The molecule has 0 radical (unpaired) electrons. The molecule has 0 saturated carbocycles. The summed E-state index contributed by atoms with van der Waals surface area (Å²) >= 11 is 0. The van der Waals surface area contributed by atoms with Crippen LogP contribution in [-0.4, -0.2) is 37.6 Å². The van der Waals surface area contributed by atoms with Crippen LogP contribution in [0.15, 0.2) is 65.6 Å². The van der Waals surface area contributed by atoms with Gasteiger partial charge in [0.2, 0.25) is 5.91 Å². The fraction of sp³-hybridized carbons (Fsp3) is 0.381. The molecular weight excluding hydrogens is 346 g/mol. The molecule has 0 bridgehead atoms. The maximum absolute atomic E-state index is 12.7. The number of sulfone groups is 1. The lowest BCUT2D eigenvalue weighted by Gasteiger charge is -2.17. The number of amides is 1. The van der Waals surface area contributed by atoms with Crippen molar-refractivity contribution < 1.29 is 13.2 Å². The average molecular weight is 372 g/mol. The Kier molecular flexibility index (Phi) is 6.09. The number of unbranched alkanes of at least 4 members (excludes halogenated alkanes) is 1. The van der Waals surface area contributed by atoms with Gasteiger partial charge in [-0.05, 0) is 43.4 Å². The monoisotopic (exact) mass is 371 g/mol. The summed E-state index contributed by atoms with van der Waals surface area (Å²) in [4.78, 5) is 14.5. The molecule has 1 aliphatic heterocycles. The number of carbonyl (C=O) groups is 1. The maximum Gasteiger partial charge on any atom is 0.222 e. The van der Waals surface area contributed by atoms with Crippen LogP contribution in [0, 0.1) is 0 Å². The van der Waals surface area contributed by atoms with E-state index in [2.05, 4.69) is 12.1 Å². The summed E-state index contributed by atoms with van der Waals surface area (Å²) in [6.45, 7) is 0.850. The van der Waals surface area contributed by atoms with E-state index < -0.39 is 15.1 Å². The molecule has 2 aromatic rings. The predicted molar refractivity (Wildman–Crippen MR) is 103 cm³/mol. The lowest BCUT2D eigenvalue weighted by Crippen LogP contribution is -2.31. The summed E-state index contributed by atoms with van der Waals surface area (Å²) in [5.41, 5.74) is 1.29. The van der Waals surface area contributed by atoms with Crippen molar-refractivity contribution in [2.75, 3.05) is 13.1 Å². The maximum atomic E-state index is 12.7. The number of rotatable bonds is 7. The fourth-order valence-electron chi connectivity index (χ4n) is 3.42. The molecule has 1 saturated heterocycles. The minimum atomic E-state index is -3.36. The highest BCUT2D eigenvalue weighted by atomic mass is 32.2. The van der Waals surface area contributed by atoms with Gasteiger partial charge in [-0.2, -0.15) is 0 Å². The van der Waals surface area contributed by atoms with Crippen molar-refractivity contribution in [3.05, 3.63) is 66.2 Å². The van der Waals surface area contributed by atoms with Gasteiger partial charge < -0.3 is 4.90 Å². The summed E-state index contributed by atoms with van der Waals surface area (Å²) < 4.78 is 25.4. The summed E-state index contributed by atoms with van der Waals surface area (Å²) in [6, 6.07) is 18.8. The highest BCUT2D eigenvalue weighted by Crippen LogP contribution is 2.24. The average Bonchev–Trinajstić information content (AvgIpc) is 3.18. The van der Waals surface area contributed by atoms with Crippen LogP contribution in [-0.2, 0) is 21.1 Å². The van der Waals surface area contributed by atoms with Crippen LogP contribution in [0.3, 0.4) is 0 Å². The third kappa shape index (κ3) is 4.52. The number of benzene rings is 2. The van der Waals surface area contributed by atoms with Crippen molar-refractivity contribution in [1.82, 2.24) is 4.90 Å². The second-order valence-electron chi connectivity index (χ2n) is 6.80.